The summed E-state index contributed by atoms with van der Waals surface area (Å²) in [5, 5.41) is 12.5. The molecule has 1 aromatic carbocycles. The molecule has 44 heavy (non-hydrogen) atoms. The van der Waals surface area contributed by atoms with E-state index in [1.807, 2.05) is 6.92 Å². The maximum absolute atomic E-state index is 15.5. The highest BCUT2D eigenvalue weighted by molar-refractivity contribution is 7.99. The summed E-state index contributed by atoms with van der Waals surface area (Å²) < 4.78 is 17.1. The molecule has 10 nitrogen and oxygen atoms in total. The summed E-state index contributed by atoms with van der Waals surface area (Å²) in [6, 6.07) is 5.06. The van der Waals surface area contributed by atoms with E-state index < -0.39 is 23.7 Å². The Morgan fingerprint density at radius 1 is 1.07 bits per heavy atom. The second kappa shape index (κ2) is 15.4. The van der Waals surface area contributed by atoms with Gasteiger partial charge in [-0.2, -0.15) is 16.9 Å². The van der Waals surface area contributed by atoms with Crippen molar-refractivity contribution in [3.05, 3.63) is 53.2 Å². The van der Waals surface area contributed by atoms with Gasteiger partial charge >= 0.3 is 0 Å². The van der Waals surface area contributed by atoms with Crippen LogP contribution in [0.15, 0.2) is 36.2 Å². The van der Waals surface area contributed by atoms with Crippen molar-refractivity contribution in [3.63, 3.8) is 0 Å². The smallest absolute Gasteiger partial charge is 0.270 e. The van der Waals surface area contributed by atoms with Crippen molar-refractivity contribution in [2.45, 2.75) is 72.4 Å². The molecule has 238 valence electrons. The summed E-state index contributed by atoms with van der Waals surface area (Å²) in [6.07, 6.45) is 5.16. The number of carbonyl (C=O) groups is 4. The first kappa shape index (κ1) is 33.2. The van der Waals surface area contributed by atoms with Crippen LogP contribution in [0.3, 0.4) is 0 Å². The predicted molar refractivity (Wildman–Crippen MR) is 170 cm³/mol. The van der Waals surface area contributed by atoms with E-state index in [0.29, 0.717) is 42.4 Å². The Morgan fingerprint density at radius 2 is 1.77 bits per heavy atom. The molecule has 1 aliphatic heterocycles. The maximum atomic E-state index is 15.5. The van der Waals surface area contributed by atoms with Gasteiger partial charge in [0.05, 0.1) is 5.69 Å². The highest BCUT2D eigenvalue weighted by Gasteiger charge is 2.34. The first-order chi connectivity index (χ1) is 21.1. The zero-order valence-corrected chi connectivity index (χ0v) is 26.8. The Kier molecular flexibility index (Phi) is 11.6. The van der Waals surface area contributed by atoms with Gasteiger partial charge in [-0.15, -0.1) is 0 Å². The molecule has 4 rings (SSSR count). The van der Waals surface area contributed by atoms with Gasteiger partial charge < -0.3 is 20.9 Å². The number of aromatic nitrogens is 2. The standard InChI is InChI=1S/C32H43FN6O4S/c1-5-27(40)36-28(32(43)38-15-17-44-18-16-38)21(4)23-11-12-25(24(33)19-23)35-31(42)29(22-9-7-20(3)8-10-22)37-30(41)26-13-14-34-39(26)6-2/h11-14,19-20,22,29H,5-10,15-18H2,1-4H3,(H,35,42)(H,36,40)(H,37,41)/b28-21+/t20-,22-,29-/m0/s1. The molecule has 2 fully saturated rings. The minimum Gasteiger partial charge on any atom is -0.339 e. The van der Waals surface area contributed by atoms with E-state index in [0.717, 1.165) is 37.2 Å². The minimum absolute atomic E-state index is 0.0351. The summed E-state index contributed by atoms with van der Waals surface area (Å²) in [6.45, 7) is 9.07. The number of amides is 4. The highest BCUT2D eigenvalue weighted by atomic mass is 32.2. The lowest BCUT2D eigenvalue weighted by Crippen LogP contribution is -2.49. The van der Waals surface area contributed by atoms with Gasteiger partial charge in [0.15, 0.2) is 0 Å². The normalized spacial score (nSPS) is 19.9. The van der Waals surface area contributed by atoms with E-state index in [1.54, 1.807) is 53.5 Å². The van der Waals surface area contributed by atoms with Gasteiger partial charge in [-0.25, -0.2) is 4.39 Å². The van der Waals surface area contributed by atoms with Crippen molar-refractivity contribution in [3.8, 4) is 0 Å². The van der Waals surface area contributed by atoms with Gasteiger partial charge in [0.2, 0.25) is 11.8 Å². The number of nitrogens with zero attached hydrogens (tertiary/aromatic N) is 3. The van der Waals surface area contributed by atoms with Crippen molar-refractivity contribution >= 4 is 46.7 Å². The Morgan fingerprint density at radius 3 is 2.41 bits per heavy atom. The number of aryl methyl sites for hydroxylation is 1. The van der Waals surface area contributed by atoms with E-state index in [9.17, 15) is 19.2 Å². The van der Waals surface area contributed by atoms with Crippen LogP contribution in [0.25, 0.3) is 5.57 Å². The average molecular weight is 627 g/mol. The monoisotopic (exact) mass is 626 g/mol. The third-order valence-corrected chi connectivity index (χ3v) is 9.42. The van der Waals surface area contributed by atoms with Crippen LogP contribution in [0, 0.1) is 17.7 Å². The van der Waals surface area contributed by atoms with Crippen LogP contribution in [0.2, 0.25) is 0 Å². The first-order valence-corrected chi connectivity index (χ1v) is 16.6. The van der Waals surface area contributed by atoms with E-state index >= 15 is 4.39 Å². The zero-order valence-electron chi connectivity index (χ0n) is 26.0. The number of benzene rings is 1. The molecule has 0 spiro atoms. The number of hydrogen-bond acceptors (Lipinski definition) is 6. The third kappa shape index (κ3) is 8.08. The molecule has 2 heterocycles. The molecule has 4 amide bonds. The first-order valence-electron chi connectivity index (χ1n) is 15.4. The number of hydrogen-bond donors (Lipinski definition) is 3. The van der Waals surface area contributed by atoms with Gasteiger partial charge in [-0.3, -0.25) is 23.9 Å². The summed E-state index contributed by atoms with van der Waals surface area (Å²) >= 11 is 1.77. The fourth-order valence-corrected chi connectivity index (χ4v) is 6.58. The lowest BCUT2D eigenvalue weighted by Gasteiger charge is -2.32. The van der Waals surface area contributed by atoms with Crippen LogP contribution in [0.4, 0.5) is 10.1 Å². The van der Waals surface area contributed by atoms with Gasteiger partial charge in [0.25, 0.3) is 11.8 Å². The molecule has 0 unspecified atom stereocenters. The molecule has 1 atom stereocenters. The Balaban J connectivity index is 1.57. The van der Waals surface area contributed by atoms with Crippen LogP contribution >= 0.6 is 11.8 Å². The largest absolute Gasteiger partial charge is 0.339 e. The molecule has 2 aliphatic rings. The highest BCUT2D eigenvalue weighted by Crippen LogP contribution is 2.32. The van der Waals surface area contributed by atoms with Crippen LogP contribution < -0.4 is 16.0 Å². The van der Waals surface area contributed by atoms with E-state index in [1.165, 1.54) is 12.1 Å². The molecular formula is C32H43FN6O4S. The molecule has 1 saturated carbocycles. The summed E-state index contributed by atoms with van der Waals surface area (Å²) in [5.74, 6) is -0.122. The Hall–Kier alpha value is -3.67. The molecule has 1 aromatic heterocycles. The second-order valence-electron chi connectivity index (χ2n) is 11.5. The molecule has 0 radical (unpaired) electrons. The number of rotatable bonds is 10. The number of nitrogens with one attached hydrogen (secondary N) is 3. The molecule has 1 aliphatic carbocycles. The molecule has 1 saturated heterocycles. The van der Waals surface area contributed by atoms with Gasteiger partial charge in [0.1, 0.15) is 23.3 Å². The number of anilines is 1. The SMILES string of the molecule is CCC(=O)N/C(C(=O)N1CCSCC1)=C(\C)c1ccc(NC(=O)[C@@H](NC(=O)c2ccnn2CC)[C@H]2CC[C@H](C)CC2)c(F)c1. The predicted octanol–water partition coefficient (Wildman–Crippen LogP) is 4.44. The van der Waals surface area contributed by atoms with Crippen LogP contribution in [-0.2, 0) is 20.9 Å². The zero-order chi connectivity index (χ0) is 31.8. The molecular weight excluding hydrogens is 583 g/mol. The lowest BCUT2D eigenvalue weighted by atomic mass is 9.79. The molecule has 0 bridgehead atoms. The third-order valence-electron chi connectivity index (χ3n) is 8.48. The molecule has 2 aromatic rings. The summed E-state index contributed by atoms with van der Waals surface area (Å²) in [7, 11) is 0. The average Bonchev–Trinajstić information content (AvgIpc) is 3.53. The van der Waals surface area contributed by atoms with Crippen molar-refractivity contribution in [2.75, 3.05) is 29.9 Å². The van der Waals surface area contributed by atoms with Gasteiger partial charge in [-0.05, 0) is 67.9 Å². The van der Waals surface area contributed by atoms with Crippen LogP contribution in [0.5, 0.6) is 0 Å². The lowest BCUT2D eigenvalue weighted by molar-refractivity contribution is -0.129. The van der Waals surface area contributed by atoms with Gasteiger partial charge in [-0.1, -0.05) is 32.8 Å². The molecule has 3 N–H and O–H groups in total. The molecule has 12 heteroatoms. The number of carbonyl (C=O) groups excluding carboxylic acids is 4. The fraction of sp³-hybridized carbons (Fsp3) is 0.531. The number of allylic oxidation sites excluding steroid dienone is 1. The van der Waals surface area contributed by atoms with E-state index in [-0.39, 0.29) is 35.5 Å². The van der Waals surface area contributed by atoms with Crippen molar-refractivity contribution in [2.24, 2.45) is 11.8 Å². The van der Waals surface area contributed by atoms with Crippen LogP contribution in [0.1, 0.15) is 75.9 Å². The second-order valence-corrected chi connectivity index (χ2v) is 12.7. The van der Waals surface area contributed by atoms with Gasteiger partial charge in [0, 0.05) is 43.8 Å². The number of halogens is 1. The maximum Gasteiger partial charge on any atom is 0.270 e. The van der Waals surface area contributed by atoms with E-state index in [4.69, 9.17) is 0 Å². The quantitative estimate of drug-likeness (QED) is 0.335. The van der Waals surface area contributed by atoms with Crippen LogP contribution in [-0.4, -0.2) is 68.9 Å². The minimum atomic E-state index is -0.855. The van der Waals surface area contributed by atoms with Crippen molar-refractivity contribution in [1.29, 1.82) is 0 Å². The van der Waals surface area contributed by atoms with Crippen molar-refractivity contribution in [1.82, 2.24) is 25.3 Å². The fourth-order valence-electron chi connectivity index (χ4n) is 5.67. The topological polar surface area (TPSA) is 125 Å². The number of thioether (sulfide) groups is 1. The Bertz CT molecular complexity index is 1390. The summed E-state index contributed by atoms with van der Waals surface area (Å²) in [5.41, 5.74) is 1.29. The van der Waals surface area contributed by atoms with Crippen molar-refractivity contribution < 1.29 is 23.6 Å². The van der Waals surface area contributed by atoms with E-state index in [2.05, 4.69) is 28.0 Å². The Labute approximate surface area is 262 Å². The summed E-state index contributed by atoms with van der Waals surface area (Å²) in [4.78, 5) is 54.2.